The number of esters is 1. The predicted octanol–water partition coefficient (Wildman–Crippen LogP) is 2.38. The minimum absolute atomic E-state index is 0.0359. The Bertz CT molecular complexity index is 97.4. The molecule has 11 heavy (non-hydrogen) atoms. The molecule has 0 amide bonds. The monoisotopic (exact) mass is 158 g/mol. The van der Waals surface area contributed by atoms with E-state index in [9.17, 15) is 4.79 Å². The molecule has 0 saturated carbocycles. The van der Waals surface area contributed by atoms with Crippen molar-refractivity contribution in [3.05, 3.63) is 0 Å². The second-order valence-corrected chi connectivity index (χ2v) is 3.41. The van der Waals surface area contributed by atoms with Gasteiger partial charge in [-0.2, -0.15) is 0 Å². The van der Waals surface area contributed by atoms with Gasteiger partial charge in [0.15, 0.2) is 0 Å². The summed E-state index contributed by atoms with van der Waals surface area (Å²) in [4.78, 5) is 10.2. The average Bonchev–Trinajstić information content (AvgIpc) is 1.87. The Kier molecular flexibility index (Phi) is 5.90. The molecule has 0 atom stereocenters. The summed E-state index contributed by atoms with van der Waals surface area (Å²) >= 11 is 0. The molecular weight excluding hydrogens is 140 g/mol. The standard InChI is InChI=1S/C5H8O2.C4H10/c6-5-3-1-2-4-7-5;1-4(2)3/h1-4H2;4H,1-3H3. The molecule has 1 saturated heterocycles. The van der Waals surface area contributed by atoms with Gasteiger partial charge in [0.2, 0.25) is 0 Å². The highest BCUT2D eigenvalue weighted by atomic mass is 16.5. The molecule has 1 aliphatic rings. The van der Waals surface area contributed by atoms with E-state index < -0.39 is 0 Å². The lowest BCUT2D eigenvalue weighted by atomic mass is 10.2. The first kappa shape index (κ1) is 10.5. The van der Waals surface area contributed by atoms with Gasteiger partial charge in [-0.25, -0.2) is 0 Å². The fourth-order valence-corrected chi connectivity index (χ4v) is 0.630. The lowest BCUT2D eigenvalue weighted by Crippen LogP contribution is -2.10. The Morgan fingerprint density at radius 2 is 1.82 bits per heavy atom. The van der Waals surface area contributed by atoms with Crippen molar-refractivity contribution in [3.8, 4) is 0 Å². The number of cyclic esters (lactones) is 1. The van der Waals surface area contributed by atoms with Gasteiger partial charge in [-0.15, -0.1) is 0 Å². The van der Waals surface area contributed by atoms with Gasteiger partial charge in [0.1, 0.15) is 0 Å². The number of ether oxygens (including phenoxy) is 1. The van der Waals surface area contributed by atoms with Crippen LogP contribution in [0.4, 0.5) is 0 Å². The highest BCUT2D eigenvalue weighted by Gasteiger charge is 2.06. The summed E-state index contributed by atoms with van der Waals surface area (Å²) in [7, 11) is 0. The van der Waals surface area contributed by atoms with Gasteiger partial charge in [0, 0.05) is 6.42 Å². The first-order valence-electron chi connectivity index (χ1n) is 4.28. The van der Waals surface area contributed by atoms with Crippen molar-refractivity contribution in [2.75, 3.05) is 6.61 Å². The fourth-order valence-electron chi connectivity index (χ4n) is 0.630. The Hall–Kier alpha value is -0.530. The maximum atomic E-state index is 10.2. The summed E-state index contributed by atoms with van der Waals surface area (Å²) < 4.78 is 4.64. The van der Waals surface area contributed by atoms with Gasteiger partial charge in [0.05, 0.1) is 6.61 Å². The second kappa shape index (κ2) is 6.20. The van der Waals surface area contributed by atoms with Crippen molar-refractivity contribution in [1.29, 1.82) is 0 Å². The lowest BCUT2D eigenvalue weighted by molar-refractivity contribution is -0.146. The molecule has 0 spiro atoms. The van der Waals surface area contributed by atoms with Crippen LogP contribution in [0.2, 0.25) is 0 Å². The van der Waals surface area contributed by atoms with E-state index in [-0.39, 0.29) is 5.97 Å². The summed E-state index contributed by atoms with van der Waals surface area (Å²) in [6, 6.07) is 0. The zero-order chi connectivity index (χ0) is 8.69. The van der Waals surface area contributed by atoms with Crippen LogP contribution in [0.25, 0.3) is 0 Å². The molecule has 0 aliphatic carbocycles. The number of carbonyl (C=O) groups is 1. The van der Waals surface area contributed by atoms with Crippen LogP contribution in [0, 0.1) is 5.92 Å². The molecule has 0 aromatic carbocycles. The maximum Gasteiger partial charge on any atom is 0.305 e. The van der Waals surface area contributed by atoms with Crippen molar-refractivity contribution in [1.82, 2.24) is 0 Å². The maximum absolute atomic E-state index is 10.2. The second-order valence-electron chi connectivity index (χ2n) is 3.41. The third-order valence-corrected chi connectivity index (χ3v) is 1.04. The Balaban J connectivity index is 0.000000218. The smallest absolute Gasteiger partial charge is 0.305 e. The molecule has 0 aromatic rings. The number of rotatable bonds is 0. The molecule has 2 nitrogen and oxygen atoms in total. The Labute approximate surface area is 68.9 Å². The van der Waals surface area contributed by atoms with Crippen LogP contribution in [0.5, 0.6) is 0 Å². The topological polar surface area (TPSA) is 26.3 Å². The highest BCUT2D eigenvalue weighted by Crippen LogP contribution is 2.04. The van der Waals surface area contributed by atoms with Crippen LogP contribution < -0.4 is 0 Å². The Morgan fingerprint density at radius 3 is 2.00 bits per heavy atom. The van der Waals surface area contributed by atoms with E-state index >= 15 is 0 Å². The van der Waals surface area contributed by atoms with Gasteiger partial charge in [-0.05, 0) is 18.8 Å². The van der Waals surface area contributed by atoms with Crippen LogP contribution in [-0.4, -0.2) is 12.6 Å². The number of hydrogen-bond acceptors (Lipinski definition) is 2. The normalized spacial score (nSPS) is 16.9. The van der Waals surface area contributed by atoms with E-state index in [0.717, 1.165) is 18.8 Å². The predicted molar refractivity (Wildman–Crippen MR) is 45.3 cm³/mol. The molecule has 0 aromatic heterocycles. The van der Waals surface area contributed by atoms with Gasteiger partial charge < -0.3 is 4.74 Å². The molecule has 2 heteroatoms. The Morgan fingerprint density at radius 1 is 1.27 bits per heavy atom. The van der Waals surface area contributed by atoms with Gasteiger partial charge >= 0.3 is 5.97 Å². The van der Waals surface area contributed by atoms with E-state index in [0.29, 0.717) is 13.0 Å². The van der Waals surface area contributed by atoms with Gasteiger partial charge in [0.25, 0.3) is 0 Å². The number of carbonyl (C=O) groups excluding carboxylic acids is 1. The molecule has 1 rings (SSSR count). The van der Waals surface area contributed by atoms with E-state index in [4.69, 9.17) is 0 Å². The first-order chi connectivity index (χ1) is 5.13. The van der Waals surface area contributed by atoms with Crippen LogP contribution in [0.3, 0.4) is 0 Å². The molecule has 66 valence electrons. The summed E-state index contributed by atoms with van der Waals surface area (Å²) in [5, 5.41) is 0. The molecule has 0 N–H and O–H groups in total. The van der Waals surface area contributed by atoms with E-state index in [1.54, 1.807) is 0 Å². The summed E-state index contributed by atoms with van der Waals surface area (Å²) in [6.07, 6.45) is 2.69. The summed E-state index contributed by atoms with van der Waals surface area (Å²) in [6.45, 7) is 7.14. The van der Waals surface area contributed by atoms with Crippen molar-refractivity contribution in [2.24, 2.45) is 5.92 Å². The van der Waals surface area contributed by atoms with E-state index in [1.165, 1.54) is 0 Å². The van der Waals surface area contributed by atoms with E-state index in [2.05, 4.69) is 25.5 Å². The third-order valence-electron chi connectivity index (χ3n) is 1.04. The van der Waals surface area contributed by atoms with Crippen molar-refractivity contribution < 1.29 is 9.53 Å². The SMILES string of the molecule is CC(C)C.O=C1CCCCO1. The van der Waals surface area contributed by atoms with Crippen molar-refractivity contribution in [3.63, 3.8) is 0 Å². The van der Waals surface area contributed by atoms with Crippen LogP contribution in [0.15, 0.2) is 0 Å². The summed E-state index contributed by atoms with van der Waals surface area (Å²) in [5.74, 6) is 0.797. The zero-order valence-electron chi connectivity index (χ0n) is 7.72. The van der Waals surface area contributed by atoms with E-state index in [1.807, 2.05) is 0 Å². The van der Waals surface area contributed by atoms with Gasteiger partial charge in [-0.1, -0.05) is 20.8 Å². The molecular formula is C9H18O2. The molecule has 0 radical (unpaired) electrons. The van der Waals surface area contributed by atoms with Crippen LogP contribution in [-0.2, 0) is 9.53 Å². The molecule has 0 bridgehead atoms. The van der Waals surface area contributed by atoms with Crippen LogP contribution in [0.1, 0.15) is 40.0 Å². The van der Waals surface area contributed by atoms with Crippen molar-refractivity contribution in [2.45, 2.75) is 40.0 Å². The highest BCUT2D eigenvalue weighted by molar-refractivity contribution is 5.69. The zero-order valence-corrected chi connectivity index (χ0v) is 7.72. The third kappa shape index (κ3) is 9.47. The minimum Gasteiger partial charge on any atom is -0.466 e. The largest absolute Gasteiger partial charge is 0.466 e. The quantitative estimate of drug-likeness (QED) is 0.506. The lowest BCUT2D eigenvalue weighted by Gasteiger charge is -2.08. The molecule has 1 heterocycles. The molecule has 0 unspecified atom stereocenters. The van der Waals surface area contributed by atoms with Crippen molar-refractivity contribution >= 4 is 5.97 Å². The molecule has 1 aliphatic heterocycles. The number of hydrogen-bond donors (Lipinski definition) is 0. The fraction of sp³-hybridized carbons (Fsp3) is 0.889. The molecule has 1 fully saturated rings. The average molecular weight is 158 g/mol. The van der Waals surface area contributed by atoms with Crippen LogP contribution >= 0.6 is 0 Å². The van der Waals surface area contributed by atoms with Gasteiger partial charge in [-0.3, -0.25) is 4.79 Å². The first-order valence-corrected chi connectivity index (χ1v) is 4.28. The minimum atomic E-state index is -0.0359. The summed E-state index contributed by atoms with van der Waals surface area (Å²) in [5.41, 5.74) is 0.